The van der Waals surface area contributed by atoms with Crippen LogP contribution in [-0.2, 0) is 4.79 Å². The molecule has 88 valence electrons. The van der Waals surface area contributed by atoms with Gasteiger partial charge in [0.2, 0.25) is 5.91 Å². The molecule has 1 amide bonds. The van der Waals surface area contributed by atoms with Crippen molar-refractivity contribution in [3.63, 3.8) is 0 Å². The number of nitrogens with two attached hydrogens (primary N) is 1. The fourth-order valence-electron chi connectivity index (χ4n) is 1.84. The summed E-state index contributed by atoms with van der Waals surface area (Å²) >= 11 is 0. The first-order valence-corrected chi connectivity index (χ1v) is 5.30. The van der Waals surface area contributed by atoms with Gasteiger partial charge >= 0.3 is 0 Å². The Labute approximate surface area is 88.6 Å². The van der Waals surface area contributed by atoms with Crippen molar-refractivity contribution in [1.29, 1.82) is 0 Å². The van der Waals surface area contributed by atoms with Crippen LogP contribution in [0.4, 0.5) is 8.78 Å². The maximum absolute atomic E-state index is 13.1. The summed E-state index contributed by atoms with van der Waals surface area (Å²) in [5, 5.41) is 0. The van der Waals surface area contributed by atoms with E-state index >= 15 is 0 Å². The van der Waals surface area contributed by atoms with E-state index in [1.54, 1.807) is 6.92 Å². The Bertz CT molecular complexity index is 246. The third kappa shape index (κ3) is 2.65. The minimum Gasteiger partial charge on any atom is -0.335 e. The maximum Gasteiger partial charge on any atom is 0.281 e. The number of amides is 1. The minimum absolute atomic E-state index is 0.0279. The first-order valence-electron chi connectivity index (χ1n) is 5.30. The van der Waals surface area contributed by atoms with Crippen LogP contribution in [0.15, 0.2) is 0 Å². The summed E-state index contributed by atoms with van der Waals surface area (Å²) in [4.78, 5) is 12.9. The Morgan fingerprint density at radius 3 is 2.67 bits per heavy atom. The van der Waals surface area contributed by atoms with Crippen LogP contribution >= 0.6 is 0 Å². The second-order valence-electron chi connectivity index (χ2n) is 4.28. The predicted molar refractivity (Wildman–Crippen MR) is 53.6 cm³/mol. The molecule has 3 nitrogen and oxygen atoms in total. The van der Waals surface area contributed by atoms with Crippen LogP contribution in [0.1, 0.15) is 26.7 Å². The Balaban J connectivity index is 2.57. The SMILES string of the molecule is CCCC(C)C(=O)N1CC(N)C(F)(F)C1. The van der Waals surface area contributed by atoms with Crippen molar-refractivity contribution in [3.8, 4) is 0 Å². The summed E-state index contributed by atoms with van der Waals surface area (Å²) in [5.41, 5.74) is 5.27. The zero-order valence-corrected chi connectivity index (χ0v) is 9.17. The normalized spacial score (nSPS) is 26.7. The second kappa shape index (κ2) is 4.43. The van der Waals surface area contributed by atoms with E-state index in [0.717, 1.165) is 12.8 Å². The number of rotatable bonds is 3. The van der Waals surface area contributed by atoms with Crippen molar-refractivity contribution in [3.05, 3.63) is 0 Å². The van der Waals surface area contributed by atoms with E-state index in [0.29, 0.717) is 0 Å². The summed E-state index contributed by atoms with van der Waals surface area (Å²) in [6.45, 7) is 3.18. The maximum atomic E-state index is 13.1. The van der Waals surface area contributed by atoms with Gasteiger partial charge in [0, 0.05) is 12.5 Å². The highest BCUT2D eigenvalue weighted by atomic mass is 19.3. The third-order valence-corrected chi connectivity index (χ3v) is 2.82. The van der Waals surface area contributed by atoms with E-state index in [4.69, 9.17) is 5.73 Å². The van der Waals surface area contributed by atoms with Gasteiger partial charge in [0.25, 0.3) is 5.92 Å². The van der Waals surface area contributed by atoms with Crippen molar-refractivity contribution >= 4 is 5.91 Å². The Morgan fingerprint density at radius 1 is 1.67 bits per heavy atom. The molecule has 5 heteroatoms. The Hall–Kier alpha value is -0.710. The quantitative estimate of drug-likeness (QED) is 0.777. The molecular weight excluding hydrogens is 202 g/mol. The topological polar surface area (TPSA) is 46.3 Å². The number of alkyl halides is 2. The molecule has 2 unspecified atom stereocenters. The molecule has 2 atom stereocenters. The second-order valence-corrected chi connectivity index (χ2v) is 4.28. The number of carbonyl (C=O) groups is 1. The van der Waals surface area contributed by atoms with Crippen LogP contribution in [0.2, 0.25) is 0 Å². The highest BCUT2D eigenvalue weighted by Crippen LogP contribution is 2.27. The van der Waals surface area contributed by atoms with Crippen LogP contribution in [0, 0.1) is 5.92 Å². The van der Waals surface area contributed by atoms with Gasteiger partial charge in [-0.1, -0.05) is 20.3 Å². The molecule has 1 aliphatic rings. The molecule has 0 aromatic carbocycles. The third-order valence-electron chi connectivity index (χ3n) is 2.82. The highest BCUT2D eigenvalue weighted by Gasteiger charge is 2.47. The molecule has 1 fully saturated rings. The average molecular weight is 220 g/mol. The smallest absolute Gasteiger partial charge is 0.281 e. The minimum atomic E-state index is -2.93. The van der Waals surface area contributed by atoms with Crippen molar-refractivity contribution in [2.24, 2.45) is 11.7 Å². The van der Waals surface area contributed by atoms with E-state index in [9.17, 15) is 13.6 Å². The monoisotopic (exact) mass is 220 g/mol. The van der Waals surface area contributed by atoms with Gasteiger partial charge in [-0.15, -0.1) is 0 Å². The van der Waals surface area contributed by atoms with Crippen molar-refractivity contribution in [1.82, 2.24) is 4.90 Å². The summed E-state index contributed by atoms with van der Waals surface area (Å²) < 4.78 is 26.2. The lowest BCUT2D eigenvalue weighted by Crippen LogP contribution is -2.38. The highest BCUT2D eigenvalue weighted by molar-refractivity contribution is 5.79. The van der Waals surface area contributed by atoms with Gasteiger partial charge in [-0.05, 0) is 6.42 Å². The van der Waals surface area contributed by atoms with E-state index in [1.807, 2.05) is 6.92 Å². The van der Waals surface area contributed by atoms with Gasteiger partial charge in [-0.25, -0.2) is 8.78 Å². The number of nitrogens with zero attached hydrogens (tertiary/aromatic N) is 1. The molecule has 0 radical (unpaired) electrons. The summed E-state index contributed by atoms with van der Waals surface area (Å²) in [6.07, 6.45) is 1.61. The first kappa shape index (κ1) is 12.4. The number of hydrogen-bond donors (Lipinski definition) is 1. The standard InChI is InChI=1S/C10H18F2N2O/c1-3-4-7(2)9(15)14-5-8(13)10(11,12)6-14/h7-8H,3-6,13H2,1-2H3. The van der Waals surface area contributed by atoms with E-state index in [-0.39, 0.29) is 18.4 Å². The number of halogens is 2. The zero-order valence-electron chi connectivity index (χ0n) is 9.17. The fraction of sp³-hybridized carbons (Fsp3) is 0.900. The molecule has 0 aromatic heterocycles. The van der Waals surface area contributed by atoms with Crippen molar-refractivity contribution in [2.45, 2.75) is 38.7 Å². The molecule has 0 aromatic rings. The van der Waals surface area contributed by atoms with Crippen LogP contribution in [0.5, 0.6) is 0 Å². The number of hydrogen-bond acceptors (Lipinski definition) is 2. The molecule has 0 bridgehead atoms. The molecule has 1 aliphatic heterocycles. The summed E-state index contributed by atoms with van der Waals surface area (Å²) in [5.74, 6) is -3.32. The molecular formula is C10H18F2N2O. The summed E-state index contributed by atoms with van der Waals surface area (Å²) in [7, 11) is 0. The van der Waals surface area contributed by atoms with Gasteiger partial charge < -0.3 is 10.6 Å². The van der Waals surface area contributed by atoms with Gasteiger partial charge in [-0.3, -0.25) is 4.79 Å². The van der Waals surface area contributed by atoms with Crippen LogP contribution in [0.25, 0.3) is 0 Å². The zero-order chi connectivity index (χ0) is 11.6. The van der Waals surface area contributed by atoms with Gasteiger partial charge in [0.05, 0.1) is 12.6 Å². The molecule has 1 heterocycles. The lowest BCUT2D eigenvalue weighted by atomic mass is 10.1. The number of likely N-dealkylation sites (tertiary alicyclic amines) is 1. The van der Waals surface area contributed by atoms with E-state index in [2.05, 4.69) is 0 Å². The summed E-state index contributed by atoms with van der Waals surface area (Å²) in [6, 6.07) is -1.21. The van der Waals surface area contributed by atoms with Gasteiger partial charge in [0.15, 0.2) is 0 Å². The fourth-order valence-corrected chi connectivity index (χ4v) is 1.84. The number of carbonyl (C=O) groups excluding carboxylic acids is 1. The van der Waals surface area contributed by atoms with Gasteiger partial charge in [0.1, 0.15) is 0 Å². The van der Waals surface area contributed by atoms with Crippen LogP contribution < -0.4 is 5.73 Å². The predicted octanol–water partition coefficient (Wildman–Crippen LogP) is 1.23. The van der Waals surface area contributed by atoms with Crippen molar-refractivity contribution in [2.75, 3.05) is 13.1 Å². The first-order chi connectivity index (χ1) is 6.88. The molecule has 1 saturated heterocycles. The average Bonchev–Trinajstić information content (AvgIpc) is 2.40. The molecule has 2 N–H and O–H groups in total. The van der Waals surface area contributed by atoms with Crippen LogP contribution in [0.3, 0.4) is 0 Å². The van der Waals surface area contributed by atoms with Crippen LogP contribution in [-0.4, -0.2) is 35.9 Å². The lowest BCUT2D eigenvalue weighted by Gasteiger charge is -2.19. The molecule has 0 saturated carbocycles. The van der Waals surface area contributed by atoms with Gasteiger partial charge in [-0.2, -0.15) is 0 Å². The lowest BCUT2D eigenvalue weighted by molar-refractivity contribution is -0.135. The van der Waals surface area contributed by atoms with Crippen molar-refractivity contribution < 1.29 is 13.6 Å². The van der Waals surface area contributed by atoms with E-state index in [1.165, 1.54) is 4.90 Å². The molecule has 0 spiro atoms. The molecule has 15 heavy (non-hydrogen) atoms. The van der Waals surface area contributed by atoms with E-state index < -0.39 is 18.5 Å². The molecule has 1 rings (SSSR count). The Kier molecular flexibility index (Phi) is 3.65. The molecule has 0 aliphatic carbocycles. The largest absolute Gasteiger partial charge is 0.335 e. The Morgan fingerprint density at radius 2 is 2.27 bits per heavy atom.